The minimum atomic E-state index is -0.797. The van der Waals surface area contributed by atoms with Gasteiger partial charge in [0, 0.05) is 19.3 Å². The summed E-state index contributed by atoms with van der Waals surface area (Å²) in [6, 6.07) is 3.48. The van der Waals surface area contributed by atoms with Gasteiger partial charge in [0.25, 0.3) is 5.91 Å². The van der Waals surface area contributed by atoms with Crippen LogP contribution in [0.3, 0.4) is 0 Å². The van der Waals surface area contributed by atoms with Crippen molar-refractivity contribution in [3.05, 3.63) is 24.0 Å². The maximum atomic E-state index is 12.2. The molecule has 2 heterocycles. The number of carbonyl (C=O) groups excluding carboxylic acids is 1. The van der Waals surface area contributed by atoms with Crippen LogP contribution in [-0.4, -0.2) is 40.0 Å². The smallest absolute Gasteiger partial charge is 0.311 e. The molecule has 1 fully saturated rings. The van der Waals surface area contributed by atoms with E-state index in [1.165, 1.54) is 0 Å². The van der Waals surface area contributed by atoms with Gasteiger partial charge >= 0.3 is 5.97 Å². The van der Waals surface area contributed by atoms with Crippen LogP contribution in [0.15, 0.2) is 18.3 Å². The third-order valence-electron chi connectivity index (χ3n) is 3.82. The number of likely N-dealkylation sites (tertiary alicyclic amines) is 1. The van der Waals surface area contributed by atoms with Crippen LogP contribution in [0.5, 0.6) is 0 Å². The van der Waals surface area contributed by atoms with Gasteiger partial charge in [-0.3, -0.25) is 9.59 Å². The number of rotatable bonds is 3. The lowest BCUT2D eigenvalue weighted by atomic mass is 9.77. The second-order valence-electron chi connectivity index (χ2n) is 4.85. The summed E-state index contributed by atoms with van der Waals surface area (Å²) in [5.41, 5.74) is -0.257. The number of piperidine rings is 1. The predicted octanol–water partition coefficient (Wildman–Crippen LogP) is 1.73. The number of aliphatic carboxylic acids is 1. The van der Waals surface area contributed by atoms with E-state index in [9.17, 15) is 14.7 Å². The molecule has 0 aliphatic carbocycles. The minimum Gasteiger partial charge on any atom is -0.481 e. The van der Waals surface area contributed by atoms with Crippen molar-refractivity contribution in [2.75, 3.05) is 13.1 Å². The summed E-state index contributed by atoms with van der Waals surface area (Å²) in [6.07, 6.45) is 3.64. The zero-order chi connectivity index (χ0) is 13.2. The third kappa shape index (κ3) is 2.12. The molecule has 5 heteroatoms. The quantitative estimate of drug-likeness (QED) is 0.858. The molecule has 0 radical (unpaired) electrons. The van der Waals surface area contributed by atoms with Crippen molar-refractivity contribution < 1.29 is 14.7 Å². The fourth-order valence-electron chi connectivity index (χ4n) is 2.55. The number of hydrogen-bond donors (Lipinski definition) is 2. The van der Waals surface area contributed by atoms with Crippen LogP contribution < -0.4 is 0 Å². The highest BCUT2D eigenvalue weighted by Gasteiger charge is 2.42. The van der Waals surface area contributed by atoms with Gasteiger partial charge in [0.2, 0.25) is 0 Å². The Morgan fingerprint density at radius 2 is 2.33 bits per heavy atom. The number of hydrogen-bond acceptors (Lipinski definition) is 2. The molecule has 0 aromatic carbocycles. The van der Waals surface area contributed by atoms with E-state index in [0.717, 1.165) is 6.42 Å². The number of carboxylic acids is 1. The molecule has 1 aromatic rings. The Bertz CT molecular complexity index is 441. The zero-order valence-corrected chi connectivity index (χ0v) is 10.5. The highest BCUT2D eigenvalue weighted by Crippen LogP contribution is 2.34. The number of carboxylic acid groups (broad SMARTS) is 1. The number of aromatic nitrogens is 1. The average molecular weight is 250 g/mol. The highest BCUT2D eigenvalue weighted by atomic mass is 16.4. The number of nitrogens with zero attached hydrogens (tertiary/aromatic N) is 1. The normalized spacial score (nSPS) is 23.9. The standard InChI is InChI=1S/C13H18N2O3/c1-2-13(12(17)18)6-4-8-15(9-13)11(16)10-5-3-7-14-10/h3,5,7,14H,2,4,6,8-9H2,1H3,(H,17,18). The van der Waals surface area contributed by atoms with Crippen molar-refractivity contribution in [2.45, 2.75) is 26.2 Å². The molecular formula is C13H18N2O3. The van der Waals surface area contributed by atoms with E-state index in [2.05, 4.69) is 4.98 Å². The first-order valence-electron chi connectivity index (χ1n) is 6.25. The molecule has 18 heavy (non-hydrogen) atoms. The van der Waals surface area contributed by atoms with E-state index in [1.54, 1.807) is 23.2 Å². The molecule has 1 aromatic heterocycles. The van der Waals surface area contributed by atoms with E-state index >= 15 is 0 Å². The van der Waals surface area contributed by atoms with Crippen LogP contribution in [-0.2, 0) is 4.79 Å². The van der Waals surface area contributed by atoms with Crippen LogP contribution in [0.2, 0.25) is 0 Å². The minimum absolute atomic E-state index is 0.112. The average Bonchev–Trinajstić information content (AvgIpc) is 2.91. The molecule has 1 unspecified atom stereocenters. The molecule has 1 amide bonds. The Hall–Kier alpha value is -1.78. The van der Waals surface area contributed by atoms with E-state index in [4.69, 9.17) is 0 Å². The summed E-state index contributed by atoms with van der Waals surface area (Å²) in [7, 11) is 0. The molecule has 1 atom stereocenters. The fourth-order valence-corrected chi connectivity index (χ4v) is 2.55. The van der Waals surface area contributed by atoms with E-state index < -0.39 is 11.4 Å². The van der Waals surface area contributed by atoms with Gasteiger partial charge in [-0.2, -0.15) is 0 Å². The molecule has 0 spiro atoms. The van der Waals surface area contributed by atoms with Crippen LogP contribution in [0.25, 0.3) is 0 Å². The largest absolute Gasteiger partial charge is 0.481 e. The van der Waals surface area contributed by atoms with Crippen molar-refractivity contribution in [3.8, 4) is 0 Å². The second-order valence-corrected chi connectivity index (χ2v) is 4.85. The molecule has 5 nitrogen and oxygen atoms in total. The number of carbonyl (C=O) groups is 2. The third-order valence-corrected chi connectivity index (χ3v) is 3.82. The van der Waals surface area contributed by atoms with Crippen LogP contribution in [0.4, 0.5) is 0 Å². The number of H-pyrrole nitrogens is 1. The van der Waals surface area contributed by atoms with Crippen molar-refractivity contribution in [1.29, 1.82) is 0 Å². The van der Waals surface area contributed by atoms with Crippen LogP contribution in [0, 0.1) is 5.41 Å². The Balaban J connectivity index is 2.16. The first kappa shape index (κ1) is 12.7. The summed E-state index contributed by atoms with van der Waals surface area (Å²) >= 11 is 0. The SMILES string of the molecule is CCC1(C(=O)O)CCCN(C(=O)c2ccc[nH]2)C1. The van der Waals surface area contributed by atoms with Crippen molar-refractivity contribution >= 4 is 11.9 Å². The lowest BCUT2D eigenvalue weighted by Gasteiger charge is -2.39. The Kier molecular flexibility index (Phi) is 3.41. The van der Waals surface area contributed by atoms with Crippen molar-refractivity contribution in [3.63, 3.8) is 0 Å². The van der Waals surface area contributed by atoms with Crippen LogP contribution in [0.1, 0.15) is 36.7 Å². The lowest BCUT2D eigenvalue weighted by Crippen LogP contribution is -2.49. The van der Waals surface area contributed by atoms with E-state index in [1.807, 2.05) is 6.92 Å². The van der Waals surface area contributed by atoms with Gasteiger partial charge in [-0.05, 0) is 31.4 Å². The summed E-state index contributed by atoms with van der Waals surface area (Å²) < 4.78 is 0. The van der Waals surface area contributed by atoms with Gasteiger partial charge in [0.15, 0.2) is 0 Å². The second kappa shape index (κ2) is 4.84. The molecule has 1 aliphatic heterocycles. The monoisotopic (exact) mass is 250 g/mol. The van der Waals surface area contributed by atoms with Gasteiger partial charge in [-0.25, -0.2) is 0 Å². The first-order chi connectivity index (χ1) is 8.59. The molecule has 2 rings (SSSR count). The van der Waals surface area contributed by atoms with Gasteiger partial charge < -0.3 is 15.0 Å². The maximum Gasteiger partial charge on any atom is 0.311 e. The van der Waals surface area contributed by atoms with Gasteiger partial charge in [-0.1, -0.05) is 6.92 Å². The molecular weight excluding hydrogens is 232 g/mol. The molecule has 98 valence electrons. The highest BCUT2D eigenvalue weighted by molar-refractivity contribution is 5.93. The Morgan fingerprint density at radius 1 is 1.56 bits per heavy atom. The van der Waals surface area contributed by atoms with Gasteiger partial charge in [0.1, 0.15) is 5.69 Å². The maximum absolute atomic E-state index is 12.2. The number of nitrogens with one attached hydrogen (secondary N) is 1. The predicted molar refractivity (Wildman–Crippen MR) is 66.3 cm³/mol. The molecule has 1 aliphatic rings. The molecule has 1 saturated heterocycles. The van der Waals surface area contributed by atoms with Gasteiger partial charge in [0.05, 0.1) is 5.41 Å². The summed E-state index contributed by atoms with van der Waals surface area (Å²) in [5, 5.41) is 9.37. The zero-order valence-electron chi connectivity index (χ0n) is 10.5. The molecule has 0 bridgehead atoms. The van der Waals surface area contributed by atoms with Crippen molar-refractivity contribution in [2.24, 2.45) is 5.41 Å². The first-order valence-corrected chi connectivity index (χ1v) is 6.25. The molecule has 2 N–H and O–H groups in total. The van der Waals surface area contributed by atoms with Crippen LogP contribution >= 0.6 is 0 Å². The summed E-state index contributed by atoms with van der Waals surface area (Å²) in [6.45, 7) is 2.81. The fraction of sp³-hybridized carbons (Fsp3) is 0.538. The molecule has 0 saturated carbocycles. The number of amides is 1. The lowest BCUT2D eigenvalue weighted by molar-refractivity contribution is -0.152. The summed E-state index contributed by atoms with van der Waals surface area (Å²) in [4.78, 5) is 28.1. The number of aromatic amines is 1. The van der Waals surface area contributed by atoms with E-state index in [-0.39, 0.29) is 5.91 Å². The van der Waals surface area contributed by atoms with E-state index in [0.29, 0.717) is 31.6 Å². The van der Waals surface area contributed by atoms with Gasteiger partial charge in [-0.15, -0.1) is 0 Å². The Labute approximate surface area is 106 Å². The summed E-state index contributed by atoms with van der Waals surface area (Å²) in [5.74, 6) is -0.909. The van der Waals surface area contributed by atoms with Crippen molar-refractivity contribution in [1.82, 2.24) is 9.88 Å². The Morgan fingerprint density at radius 3 is 2.89 bits per heavy atom. The topological polar surface area (TPSA) is 73.4 Å².